The Morgan fingerprint density at radius 1 is 0.969 bits per heavy atom. The summed E-state index contributed by atoms with van der Waals surface area (Å²) in [5.74, 6) is -2.35. The molecule has 0 unspecified atom stereocenters. The first-order valence-corrected chi connectivity index (χ1v) is 11.2. The number of ether oxygens (including phenoxy) is 1. The number of anilines is 2. The third-order valence-electron chi connectivity index (χ3n) is 4.54. The fourth-order valence-corrected chi connectivity index (χ4v) is 4.35. The Labute approximate surface area is 185 Å². The Balaban J connectivity index is 1.93. The number of nitrogens with zero attached hydrogens (tertiary/aromatic N) is 1. The number of rotatable bonds is 8. The molecule has 0 saturated carbocycles. The fourth-order valence-electron chi connectivity index (χ4n) is 2.93. The minimum Gasteiger partial charge on any atom is -0.494 e. The largest absolute Gasteiger partial charge is 0.494 e. The lowest BCUT2D eigenvalue weighted by Crippen LogP contribution is -2.38. The van der Waals surface area contributed by atoms with Crippen molar-refractivity contribution in [2.75, 3.05) is 22.8 Å². The van der Waals surface area contributed by atoms with Crippen LogP contribution in [0.2, 0.25) is 0 Å². The number of amides is 1. The number of aryl methyl sites for hydroxylation is 1. The molecule has 1 N–H and O–H groups in total. The van der Waals surface area contributed by atoms with Crippen molar-refractivity contribution in [2.24, 2.45) is 0 Å². The van der Waals surface area contributed by atoms with Crippen molar-refractivity contribution < 1.29 is 26.7 Å². The normalized spacial score (nSPS) is 11.1. The van der Waals surface area contributed by atoms with Crippen LogP contribution in [0.5, 0.6) is 5.75 Å². The summed E-state index contributed by atoms with van der Waals surface area (Å²) in [4.78, 5) is 12.6. The summed E-state index contributed by atoms with van der Waals surface area (Å²) in [5.41, 5.74) is 1.13. The Morgan fingerprint density at radius 3 is 2.22 bits per heavy atom. The van der Waals surface area contributed by atoms with E-state index in [1.807, 2.05) is 13.8 Å². The molecule has 3 rings (SSSR count). The summed E-state index contributed by atoms with van der Waals surface area (Å²) < 4.78 is 59.6. The molecule has 0 aliphatic heterocycles. The van der Waals surface area contributed by atoms with E-state index in [9.17, 15) is 22.0 Å². The van der Waals surface area contributed by atoms with Crippen molar-refractivity contribution >= 4 is 27.3 Å². The lowest BCUT2D eigenvalue weighted by molar-refractivity contribution is -0.114. The van der Waals surface area contributed by atoms with Gasteiger partial charge in [0.2, 0.25) is 5.91 Å². The smallest absolute Gasteiger partial charge is 0.264 e. The van der Waals surface area contributed by atoms with Crippen LogP contribution >= 0.6 is 0 Å². The van der Waals surface area contributed by atoms with Gasteiger partial charge in [0.05, 0.1) is 17.2 Å². The number of halogens is 2. The van der Waals surface area contributed by atoms with E-state index in [1.54, 1.807) is 24.3 Å². The highest BCUT2D eigenvalue weighted by molar-refractivity contribution is 7.92. The number of sulfonamides is 1. The molecular formula is C23H22F2N2O4S. The van der Waals surface area contributed by atoms with Gasteiger partial charge in [0.15, 0.2) is 11.6 Å². The van der Waals surface area contributed by atoms with Gasteiger partial charge in [0, 0.05) is 11.8 Å². The molecule has 3 aromatic carbocycles. The first-order chi connectivity index (χ1) is 15.2. The topological polar surface area (TPSA) is 75.7 Å². The monoisotopic (exact) mass is 460 g/mol. The third-order valence-corrected chi connectivity index (χ3v) is 6.32. The van der Waals surface area contributed by atoms with Crippen LogP contribution in [-0.2, 0) is 14.8 Å². The third kappa shape index (κ3) is 5.42. The Morgan fingerprint density at radius 2 is 1.62 bits per heavy atom. The van der Waals surface area contributed by atoms with Crippen LogP contribution in [0, 0.1) is 18.6 Å². The van der Waals surface area contributed by atoms with Crippen LogP contribution in [0.3, 0.4) is 0 Å². The van der Waals surface area contributed by atoms with E-state index in [-0.39, 0.29) is 16.3 Å². The van der Waals surface area contributed by atoms with Gasteiger partial charge in [-0.2, -0.15) is 0 Å². The van der Waals surface area contributed by atoms with Crippen LogP contribution < -0.4 is 14.4 Å². The number of carbonyl (C=O) groups excluding carboxylic acids is 1. The first-order valence-electron chi connectivity index (χ1n) is 9.78. The maximum Gasteiger partial charge on any atom is 0.264 e. The molecule has 0 aliphatic carbocycles. The van der Waals surface area contributed by atoms with Gasteiger partial charge in [-0.05, 0) is 62.4 Å². The van der Waals surface area contributed by atoms with Crippen LogP contribution in [0.15, 0.2) is 71.6 Å². The molecule has 9 heteroatoms. The van der Waals surface area contributed by atoms with Crippen molar-refractivity contribution in [1.82, 2.24) is 0 Å². The number of hydrogen-bond acceptors (Lipinski definition) is 4. The van der Waals surface area contributed by atoms with Crippen LogP contribution in [0.25, 0.3) is 0 Å². The van der Waals surface area contributed by atoms with Crippen molar-refractivity contribution in [2.45, 2.75) is 18.7 Å². The Hall–Kier alpha value is -3.46. The highest BCUT2D eigenvalue weighted by atomic mass is 32.2. The van der Waals surface area contributed by atoms with Gasteiger partial charge in [0.25, 0.3) is 10.0 Å². The summed E-state index contributed by atoms with van der Waals surface area (Å²) in [6.07, 6.45) is 0. The molecule has 168 valence electrons. The minimum atomic E-state index is -4.10. The van der Waals surface area contributed by atoms with E-state index in [4.69, 9.17) is 4.74 Å². The van der Waals surface area contributed by atoms with Crippen molar-refractivity contribution in [3.05, 3.63) is 83.9 Å². The van der Waals surface area contributed by atoms with Gasteiger partial charge >= 0.3 is 0 Å². The lowest BCUT2D eigenvalue weighted by atomic mass is 10.2. The van der Waals surface area contributed by atoms with Crippen LogP contribution in [-0.4, -0.2) is 27.5 Å². The Kier molecular flexibility index (Phi) is 7.09. The zero-order valence-electron chi connectivity index (χ0n) is 17.5. The molecule has 0 aliphatic rings. The average Bonchev–Trinajstić information content (AvgIpc) is 2.76. The van der Waals surface area contributed by atoms with Crippen LogP contribution in [0.4, 0.5) is 20.2 Å². The molecular weight excluding hydrogens is 438 g/mol. The molecule has 0 atom stereocenters. The summed E-state index contributed by atoms with van der Waals surface area (Å²) in [6, 6.07) is 15.4. The first kappa shape index (κ1) is 23.2. The zero-order chi connectivity index (χ0) is 23.3. The van der Waals surface area contributed by atoms with E-state index >= 15 is 0 Å². The molecule has 0 fully saturated rings. The van der Waals surface area contributed by atoms with E-state index in [1.165, 1.54) is 30.3 Å². The van der Waals surface area contributed by atoms with E-state index in [2.05, 4.69) is 5.32 Å². The molecule has 0 aromatic heterocycles. The highest BCUT2D eigenvalue weighted by Crippen LogP contribution is 2.26. The van der Waals surface area contributed by atoms with Gasteiger partial charge in [-0.3, -0.25) is 9.10 Å². The molecule has 0 spiro atoms. The molecule has 3 aromatic rings. The molecule has 0 saturated heterocycles. The van der Waals surface area contributed by atoms with Crippen molar-refractivity contribution in [3.8, 4) is 5.75 Å². The highest BCUT2D eigenvalue weighted by Gasteiger charge is 2.27. The summed E-state index contributed by atoms with van der Waals surface area (Å²) in [6.45, 7) is 3.52. The number of benzene rings is 3. The molecule has 0 radical (unpaired) electrons. The van der Waals surface area contributed by atoms with Crippen molar-refractivity contribution in [3.63, 3.8) is 0 Å². The predicted molar refractivity (Wildman–Crippen MR) is 118 cm³/mol. The van der Waals surface area contributed by atoms with Crippen molar-refractivity contribution in [1.29, 1.82) is 0 Å². The number of nitrogens with one attached hydrogen (secondary N) is 1. The second kappa shape index (κ2) is 9.78. The van der Waals surface area contributed by atoms with Crippen LogP contribution in [0.1, 0.15) is 12.5 Å². The molecule has 6 nitrogen and oxygen atoms in total. The predicted octanol–water partition coefficient (Wildman–Crippen LogP) is 4.51. The van der Waals surface area contributed by atoms with Gasteiger partial charge in [-0.1, -0.05) is 17.7 Å². The minimum absolute atomic E-state index is 0.00766. The zero-order valence-corrected chi connectivity index (χ0v) is 18.3. The maximum atomic E-state index is 13.5. The van der Waals surface area contributed by atoms with E-state index < -0.39 is 34.1 Å². The summed E-state index contributed by atoms with van der Waals surface area (Å²) in [7, 11) is -4.10. The second-order valence-electron chi connectivity index (χ2n) is 6.93. The SMILES string of the molecule is CCOc1ccc(N(CC(=O)Nc2ccc(F)c(F)c2)S(=O)(=O)c2ccc(C)cc2)cc1. The van der Waals surface area contributed by atoms with E-state index in [0.29, 0.717) is 12.4 Å². The van der Waals surface area contributed by atoms with E-state index in [0.717, 1.165) is 22.0 Å². The standard InChI is InChI=1S/C23H22F2N2O4S/c1-3-31-19-9-7-18(8-10-19)27(32(29,30)20-11-4-16(2)5-12-20)15-23(28)26-17-6-13-21(24)22(25)14-17/h4-14H,3,15H2,1-2H3,(H,26,28). The lowest BCUT2D eigenvalue weighted by Gasteiger charge is -2.24. The van der Waals surface area contributed by atoms with Gasteiger partial charge in [-0.15, -0.1) is 0 Å². The fraction of sp³-hybridized carbons (Fsp3) is 0.174. The number of carbonyl (C=O) groups is 1. The van der Waals surface area contributed by atoms with Gasteiger partial charge in [0.1, 0.15) is 12.3 Å². The molecule has 0 heterocycles. The summed E-state index contributed by atoms with van der Waals surface area (Å²) in [5, 5.41) is 2.40. The van der Waals surface area contributed by atoms with Gasteiger partial charge in [-0.25, -0.2) is 17.2 Å². The average molecular weight is 461 g/mol. The quantitative estimate of drug-likeness (QED) is 0.537. The Bertz CT molecular complexity index is 1200. The maximum absolute atomic E-state index is 13.5. The second-order valence-corrected chi connectivity index (χ2v) is 8.79. The molecule has 1 amide bonds. The molecule has 32 heavy (non-hydrogen) atoms. The summed E-state index contributed by atoms with van der Waals surface area (Å²) >= 11 is 0. The van der Waals surface area contributed by atoms with Gasteiger partial charge < -0.3 is 10.1 Å². The number of hydrogen-bond donors (Lipinski definition) is 1. The molecule has 0 bridgehead atoms.